The van der Waals surface area contributed by atoms with Crippen molar-refractivity contribution >= 4 is 23.2 Å². The average Bonchev–Trinajstić information content (AvgIpc) is 3.17. The molecule has 5 nitrogen and oxygen atoms in total. The van der Waals surface area contributed by atoms with Gasteiger partial charge in [0.25, 0.3) is 0 Å². The van der Waals surface area contributed by atoms with Gasteiger partial charge < -0.3 is 18.8 Å². The van der Waals surface area contributed by atoms with Crippen molar-refractivity contribution in [3.8, 4) is 17.2 Å². The summed E-state index contributed by atoms with van der Waals surface area (Å²) in [4.78, 5) is 2.44. The number of rotatable bonds is 6. The molecular formula is C24H26Cl2N2O3. The van der Waals surface area contributed by atoms with Crippen molar-refractivity contribution in [2.45, 2.75) is 25.6 Å². The molecule has 1 aliphatic heterocycles. The number of methoxy groups -OCH3 is 3. The van der Waals surface area contributed by atoms with Gasteiger partial charge in [-0.1, -0.05) is 29.3 Å². The zero-order valence-corrected chi connectivity index (χ0v) is 19.4. The van der Waals surface area contributed by atoms with E-state index >= 15 is 0 Å². The normalized spacial score (nSPS) is 16.5. The lowest BCUT2D eigenvalue weighted by molar-refractivity contribution is 0.213. The Bertz CT molecular complexity index is 1040. The van der Waals surface area contributed by atoms with Crippen LogP contribution in [0.5, 0.6) is 17.2 Å². The van der Waals surface area contributed by atoms with Crippen LogP contribution in [0.1, 0.15) is 29.3 Å². The molecule has 0 bridgehead atoms. The van der Waals surface area contributed by atoms with Crippen LogP contribution in [0, 0.1) is 0 Å². The van der Waals surface area contributed by atoms with Crippen LogP contribution in [0.3, 0.4) is 0 Å². The van der Waals surface area contributed by atoms with Gasteiger partial charge >= 0.3 is 0 Å². The van der Waals surface area contributed by atoms with Crippen LogP contribution in [0.15, 0.2) is 48.7 Å². The molecule has 7 heteroatoms. The molecular weight excluding hydrogens is 435 g/mol. The number of aromatic nitrogens is 1. The van der Waals surface area contributed by atoms with Crippen LogP contribution in [0.25, 0.3) is 0 Å². The molecule has 1 unspecified atom stereocenters. The minimum atomic E-state index is 0.0174. The third-order valence-corrected chi connectivity index (χ3v) is 6.53. The molecule has 2 heterocycles. The van der Waals surface area contributed by atoms with Gasteiger partial charge in [0.2, 0.25) is 0 Å². The Labute approximate surface area is 193 Å². The third-order valence-electron chi connectivity index (χ3n) is 5.79. The molecule has 164 valence electrons. The van der Waals surface area contributed by atoms with Crippen molar-refractivity contribution < 1.29 is 14.2 Å². The molecule has 2 aromatic carbocycles. The smallest absolute Gasteiger partial charge is 0.130 e. The van der Waals surface area contributed by atoms with Crippen LogP contribution in [-0.2, 0) is 13.1 Å². The summed E-state index contributed by atoms with van der Waals surface area (Å²) in [6, 6.07) is 14.0. The predicted molar refractivity (Wildman–Crippen MR) is 124 cm³/mol. The highest BCUT2D eigenvalue weighted by atomic mass is 35.5. The predicted octanol–water partition coefficient (Wildman–Crippen LogP) is 5.82. The van der Waals surface area contributed by atoms with Crippen molar-refractivity contribution in [3.63, 3.8) is 0 Å². The summed E-state index contributed by atoms with van der Waals surface area (Å²) in [5.41, 5.74) is 3.31. The minimum Gasteiger partial charge on any atom is -0.496 e. The van der Waals surface area contributed by atoms with Crippen molar-refractivity contribution in [2.24, 2.45) is 0 Å². The second kappa shape index (κ2) is 9.43. The highest BCUT2D eigenvalue weighted by Gasteiger charge is 2.29. The molecule has 4 rings (SSSR count). The Morgan fingerprint density at radius 1 is 0.903 bits per heavy atom. The van der Waals surface area contributed by atoms with E-state index in [1.54, 1.807) is 21.3 Å². The quantitative estimate of drug-likeness (QED) is 0.464. The first kappa shape index (κ1) is 21.9. The molecule has 1 aromatic heterocycles. The van der Waals surface area contributed by atoms with E-state index in [-0.39, 0.29) is 6.04 Å². The summed E-state index contributed by atoms with van der Waals surface area (Å²) in [5.74, 6) is 2.18. The number of aryl methyl sites for hydroxylation is 1. The van der Waals surface area contributed by atoms with E-state index in [0.717, 1.165) is 42.1 Å². The van der Waals surface area contributed by atoms with Gasteiger partial charge in [-0.15, -0.1) is 0 Å². The van der Waals surface area contributed by atoms with E-state index in [1.165, 1.54) is 5.69 Å². The number of benzene rings is 2. The largest absolute Gasteiger partial charge is 0.496 e. The summed E-state index contributed by atoms with van der Waals surface area (Å²) in [6.07, 6.45) is 3.16. The molecule has 3 aromatic rings. The van der Waals surface area contributed by atoms with Crippen LogP contribution in [0.4, 0.5) is 0 Å². The van der Waals surface area contributed by atoms with Crippen LogP contribution >= 0.6 is 23.2 Å². The monoisotopic (exact) mass is 460 g/mol. The summed E-state index contributed by atoms with van der Waals surface area (Å²) in [5, 5.41) is 1.11. The maximum Gasteiger partial charge on any atom is 0.130 e. The van der Waals surface area contributed by atoms with E-state index in [2.05, 4.69) is 33.9 Å². The molecule has 0 aliphatic carbocycles. The lowest BCUT2D eigenvalue weighted by atomic mass is 10.0. The van der Waals surface area contributed by atoms with Crippen LogP contribution in [-0.4, -0.2) is 37.3 Å². The summed E-state index contributed by atoms with van der Waals surface area (Å²) in [7, 11) is 4.97. The number of ether oxygens (including phenoxy) is 3. The van der Waals surface area contributed by atoms with Gasteiger partial charge in [0.15, 0.2) is 0 Å². The molecule has 0 radical (unpaired) electrons. The van der Waals surface area contributed by atoms with E-state index in [0.29, 0.717) is 22.3 Å². The number of halogens is 2. The Balaban J connectivity index is 1.80. The fourth-order valence-electron chi connectivity index (χ4n) is 4.31. The third kappa shape index (κ3) is 4.36. The zero-order valence-electron chi connectivity index (χ0n) is 17.9. The highest BCUT2D eigenvalue weighted by molar-refractivity contribution is 6.42. The Morgan fingerprint density at radius 2 is 1.65 bits per heavy atom. The van der Waals surface area contributed by atoms with Crippen molar-refractivity contribution in [1.29, 1.82) is 0 Å². The topological polar surface area (TPSA) is 35.9 Å². The molecule has 0 saturated heterocycles. The summed E-state index contributed by atoms with van der Waals surface area (Å²) >= 11 is 12.6. The van der Waals surface area contributed by atoms with Crippen molar-refractivity contribution in [3.05, 3.63) is 75.5 Å². The fourth-order valence-corrected chi connectivity index (χ4v) is 4.62. The van der Waals surface area contributed by atoms with Gasteiger partial charge in [0.1, 0.15) is 17.2 Å². The number of hydrogen-bond donors (Lipinski definition) is 0. The SMILES string of the molecule is COc1cc(OC)c(CN2CCCn3cccc3C2c2ccc(Cl)c(Cl)c2)c(OC)c1. The lowest BCUT2D eigenvalue weighted by Crippen LogP contribution is -2.30. The maximum atomic E-state index is 6.40. The van der Waals surface area contributed by atoms with Crippen LogP contribution < -0.4 is 14.2 Å². The van der Waals surface area contributed by atoms with E-state index in [9.17, 15) is 0 Å². The van der Waals surface area contributed by atoms with Gasteiger partial charge in [-0.3, -0.25) is 4.90 Å². The Morgan fingerprint density at radius 3 is 2.29 bits per heavy atom. The molecule has 1 aliphatic rings. The van der Waals surface area contributed by atoms with E-state index in [4.69, 9.17) is 37.4 Å². The van der Waals surface area contributed by atoms with E-state index in [1.807, 2.05) is 24.3 Å². The van der Waals surface area contributed by atoms with Crippen LogP contribution in [0.2, 0.25) is 10.0 Å². The van der Waals surface area contributed by atoms with Crippen molar-refractivity contribution in [2.75, 3.05) is 27.9 Å². The second-order valence-electron chi connectivity index (χ2n) is 7.54. The van der Waals surface area contributed by atoms with Crippen molar-refractivity contribution in [1.82, 2.24) is 9.47 Å². The molecule has 31 heavy (non-hydrogen) atoms. The average molecular weight is 461 g/mol. The standard InChI is InChI=1S/C24H26Cl2N2O3/c1-29-17-13-22(30-2)18(23(14-17)31-3)15-28-11-5-10-27-9-4-6-21(27)24(28)16-7-8-19(25)20(26)12-16/h4,6-9,12-14,24H,5,10-11,15H2,1-3H3. The fraction of sp³-hybridized carbons (Fsp3) is 0.333. The minimum absolute atomic E-state index is 0.0174. The summed E-state index contributed by atoms with van der Waals surface area (Å²) < 4.78 is 19.1. The van der Waals surface area contributed by atoms with Gasteiger partial charge in [-0.05, 0) is 36.2 Å². The summed E-state index contributed by atoms with van der Waals surface area (Å²) in [6.45, 7) is 2.52. The van der Waals surface area contributed by atoms with E-state index < -0.39 is 0 Å². The van der Waals surface area contributed by atoms with Gasteiger partial charge in [-0.2, -0.15) is 0 Å². The molecule has 0 amide bonds. The molecule has 0 fully saturated rings. The number of fused-ring (bicyclic) bond motifs is 1. The maximum absolute atomic E-state index is 6.40. The number of hydrogen-bond acceptors (Lipinski definition) is 4. The van der Waals surface area contributed by atoms with Gasteiger partial charge in [0.05, 0.1) is 43.0 Å². The molecule has 1 atom stereocenters. The first-order valence-electron chi connectivity index (χ1n) is 10.2. The van der Waals surface area contributed by atoms with Gasteiger partial charge in [-0.25, -0.2) is 0 Å². The van der Waals surface area contributed by atoms with Gasteiger partial charge in [0, 0.05) is 43.7 Å². The Hall–Kier alpha value is -2.34. The first-order chi connectivity index (χ1) is 15.0. The second-order valence-corrected chi connectivity index (χ2v) is 8.35. The first-order valence-corrected chi connectivity index (χ1v) is 10.9. The molecule has 0 N–H and O–H groups in total. The Kier molecular flexibility index (Phi) is 6.65. The molecule has 0 spiro atoms. The lowest BCUT2D eigenvalue weighted by Gasteiger charge is -2.32. The highest BCUT2D eigenvalue weighted by Crippen LogP contribution is 2.40. The zero-order chi connectivity index (χ0) is 22.0. The number of nitrogens with zero attached hydrogens (tertiary/aromatic N) is 2. The molecule has 0 saturated carbocycles.